The molecular weight excluding hydrogens is 266 g/mol. The van der Waals surface area contributed by atoms with E-state index in [1.165, 1.54) is 24.9 Å². The molecule has 0 amide bonds. The molecule has 8 heteroatoms. The van der Waals surface area contributed by atoms with Gasteiger partial charge in [0, 0.05) is 0 Å². The molecule has 0 saturated carbocycles. The SMILES string of the molecule is Fc1ccc(/C=N/Nc2ncnc3nc[nH]c23)cc1F. The standard InChI is InChI=1S/C12H8F2N6/c13-8-2-1-7(3-9(8)14)4-19-20-12-10-11(16-5-15-10)17-6-18-12/h1-6H,(H2,15,16,17,18,20)/b19-4+. The van der Waals surface area contributed by atoms with Crippen LogP contribution in [0.25, 0.3) is 11.2 Å². The molecule has 0 aliphatic rings. The van der Waals surface area contributed by atoms with Crippen LogP contribution in [0.3, 0.4) is 0 Å². The van der Waals surface area contributed by atoms with E-state index in [0.29, 0.717) is 22.5 Å². The fourth-order valence-corrected chi connectivity index (χ4v) is 1.61. The van der Waals surface area contributed by atoms with Gasteiger partial charge in [-0.1, -0.05) is 6.07 Å². The minimum atomic E-state index is -0.924. The molecule has 0 unspecified atom stereocenters. The van der Waals surface area contributed by atoms with Gasteiger partial charge in [-0.25, -0.2) is 23.7 Å². The normalized spacial score (nSPS) is 11.3. The zero-order chi connectivity index (χ0) is 13.9. The Hall–Kier alpha value is -2.90. The van der Waals surface area contributed by atoms with Gasteiger partial charge in [-0.15, -0.1) is 0 Å². The Balaban J connectivity index is 1.80. The van der Waals surface area contributed by atoms with Crippen LogP contribution in [0.2, 0.25) is 0 Å². The van der Waals surface area contributed by atoms with E-state index < -0.39 is 11.6 Å². The van der Waals surface area contributed by atoms with Crippen molar-refractivity contribution < 1.29 is 8.78 Å². The molecule has 20 heavy (non-hydrogen) atoms. The van der Waals surface area contributed by atoms with Crippen molar-refractivity contribution in [1.82, 2.24) is 19.9 Å². The van der Waals surface area contributed by atoms with Gasteiger partial charge in [0.05, 0.1) is 12.5 Å². The summed E-state index contributed by atoms with van der Waals surface area (Å²) in [5.74, 6) is -1.39. The number of hydrazone groups is 1. The molecule has 3 rings (SSSR count). The van der Waals surface area contributed by atoms with E-state index in [2.05, 4.69) is 30.5 Å². The molecule has 2 heterocycles. The lowest BCUT2D eigenvalue weighted by Crippen LogP contribution is -1.96. The number of anilines is 1. The third-order valence-corrected chi connectivity index (χ3v) is 2.55. The average Bonchev–Trinajstić information content (AvgIpc) is 2.92. The molecule has 0 fully saturated rings. The Bertz CT molecular complexity index is 782. The van der Waals surface area contributed by atoms with Gasteiger partial charge in [0.1, 0.15) is 11.8 Å². The van der Waals surface area contributed by atoms with E-state index in [1.54, 1.807) is 0 Å². The van der Waals surface area contributed by atoms with Crippen LogP contribution >= 0.6 is 0 Å². The van der Waals surface area contributed by atoms with Gasteiger partial charge in [-0.05, 0) is 17.7 Å². The largest absolute Gasteiger partial charge is 0.340 e. The van der Waals surface area contributed by atoms with E-state index in [1.807, 2.05) is 0 Å². The van der Waals surface area contributed by atoms with Crippen LogP contribution < -0.4 is 5.43 Å². The molecular formula is C12H8F2N6. The van der Waals surface area contributed by atoms with Gasteiger partial charge in [0.25, 0.3) is 0 Å². The number of benzene rings is 1. The molecule has 0 spiro atoms. The number of aromatic nitrogens is 4. The van der Waals surface area contributed by atoms with E-state index >= 15 is 0 Å². The third-order valence-electron chi connectivity index (χ3n) is 2.55. The van der Waals surface area contributed by atoms with Gasteiger partial charge in [0.2, 0.25) is 0 Å². The summed E-state index contributed by atoms with van der Waals surface area (Å²) in [6.07, 6.45) is 4.19. The highest BCUT2D eigenvalue weighted by molar-refractivity contribution is 5.84. The first-order valence-electron chi connectivity index (χ1n) is 5.62. The average molecular weight is 274 g/mol. The zero-order valence-electron chi connectivity index (χ0n) is 10.0. The number of nitrogens with one attached hydrogen (secondary N) is 2. The van der Waals surface area contributed by atoms with Crippen LogP contribution in [0.4, 0.5) is 14.6 Å². The fraction of sp³-hybridized carbons (Fsp3) is 0. The third kappa shape index (κ3) is 2.30. The van der Waals surface area contributed by atoms with Crippen molar-refractivity contribution in [2.45, 2.75) is 0 Å². The molecule has 2 aromatic heterocycles. The number of H-pyrrole nitrogens is 1. The monoisotopic (exact) mass is 274 g/mol. The summed E-state index contributed by atoms with van der Waals surface area (Å²) in [5.41, 5.74) is 4.22. The molecule has 0 saturated heterocycles. The van der Waals surface area contributed by atoms with E-state index in [9.17, 15) is 8.78 Å². The molecule has 0 aliphatic carbocycles. The smallest absolute Gasteiger partial charge is 0.182 e. The zero-order valence-corrected chi connectivity index (χ0v) is 10.0. The van der Waals surface area contributed by atoms with Crippen LogP contribution in [0.15, 0.2) is 36.0 Å². The molecule has 6 nitrogen and oxygen atoms in total. The lowest BCUT2D eigenvalue weighted by Gasteiger charge is -1.99. The number of nitrogens with zero attached hydrogens (tertiary/aromatic N) is 4. The Morgan fingerprint density at radius 1 is 1.15 bits per heavy atom. The first kappa shape index (κ1) is 12.2. The van der Waals surface area contributed by atoms with Crippen molar-refractivity contribution in [3.8, 4) is 0 Å². The minimum Gasteiger partial charge on any atom is -0.340 e. The topological polar surface area (TPSA) is 78.8 Å². The first-order valence-corrected chi connectivity index (χ1v) is 5.62. The van der Waals surface area contributed by atoms with Gasteiger partial charge < -0.3 is 4.98 Å². The molecule has 0 atom stereocenters. The Kier molecular flexibility index (Phi) is 3.04. The van der Waals surface area contributed by atoms with Gasteiger partial charge in [-0.3, -0.25) is 5.43 Å². The highest BCUT2D eigenvalue weighted by atomic mass is 19.2. The molecule has 100 valence electrons. The summed E-state index contributed by atoms with van der Waals surface area (Å²) >= 11 is 0. The second-order valence-electron chi connectivity index (χ2n) is 3.87. The molecule has 2 N–H and O–H groups in total. The van der Waals surface area contributed by atoms with E-state index in [0.717, 1.165) is 12.1 Å². The first-order chi connectivity index (χ1) is 9.74. The van der Waals surface area contributed by atoms with Gasteiger partial charge in [-0.2, -0.15) is 5.10 Å². The Labute approximate surface area is 111 Å². The van der Waals surface area contributed by atoms with Crippen molar-refractivity contribution in [2.75, 3.05) is 5.43 Å². The molecule has 0 aliphatic heterocycles. The summed E-state index contributed by atoms with van der Waals surface area (Å²) in [7, 11) is 0. The van der Waals surface area contributed by atoms with Gasteiger partial charge in [0.15, 0.2) is 23.1 Å². The summed E-state index contributed by atoms with van der Waals surface area (Å²) in [6.45, 7) is 0. The van der Waals surface area contributed by atoms with Crippen molar-refractivity contribution in [1.29, 1.82) is 0 Å². The number of hydrogen-bond donors (Lipinski definition) is 2. The molecule has 0 bridgehead atoms. The Morgan fingerprint density at radius 3 is 2.90 bits per heavy atom. The summed E-state index contributed by atoms with van der Waals surface area (Å²) in [5, 5.41) is 3.91. The highest BCUT2D eigenvalue weighted by Gasteiger charge is 2.04. The maximum atomic E-state index is 13.0. The predicted octanol–water partition coefficient (Wildman–Crippen LogP) is 2.08. The van der Waals surface area contributed by atoms with Crippen LogP contribution in [-0.4, -0.2) is 26.2 Å². The van der Waals surface area contributed by atoms with Crippen molar-refractivity contribution >= 4 is 23.2 Å². The minimum absolute atomic E-state index is 0.423. The van der Waals surface area contributed by atoms with Crippen molar-refractivity contribution in [3.05, 3.63) is 48.1 Å². The number of imidazole rings is 1. The van der Waals surface area contributed by atoms with E-state index in [4.69, 9.17) is 0 Å². The number of fused-ring (bicyclic) bond motifs is 1. The van der Waals surface area contributed by atoms with Crippen LogP contribution in [-0.2, 0) is 0 Å². The summed E-state index contributed by atoms with van der Waals surface area (Å²) < 4.78 is 25.8. The summed E-state index contributed by atoms with van der Waals surface area (Å²) in [6, 6.07) is 3.50. The molecule has 1 aromatic carbocycles. The lowest BCUT2D eigenvalue weighted by atomic mass is 10.2. The van der Waals surface area contributed by atoms with E-state index in [-0.39, 0.29) is 0 Å². The van der Waals surface area contributed by atoms with Crippen LogP contribution in [0.5, 0.6) is 0 Å². The van der Waals surface area contributed by atoms with Crippen LogP contribution in [0.1, 0.15) is 5.56 Å². The van der Waals surface area contributed by atoms with Crippen molar-refractivity contribution in [2.24, 2.45) is 5.10 Å². The Morgan fingerprint density at radius 2 is 2.05 bits per heavy atom. The lowest BCUT2D eigenvalue weighted by molar-refractivity contribution is 0.508. The molecule has 0 radical (unpaired) electrons. The summed E-state index contributed by atoms with van der Waals surface area (Å²) in [4.78, 5) is 14.8. The number of rotatable bonds is 3. The maximum absolute atomic E-state index is 13.0. The second-order valence-corrected chi connectivity index (χ2v) is 3.87. The van der Waals surface area contributed by atoms with Crippen LogP contribution in [0, 0.1) is 11.6 Å². The molecule has 3 aromatic rings. The number of halogens is 2. The predicted molar refractivity (Wildman–Crippen MR) is 69.3 cm³/mol. The van der Waals surface area contributed by atoms with Gasteiger partial charge >= 0.3 is 0 Å². The number of hydrogen-bond acceptors (Lipinski definition) is 5. The van der Waals surface area contributed by atoms with Crippen molar-refractivity contribution in [3.63, 3.8) is 0 Å². The number of aromatic amines is 1. The second kappa shape index (κ2) is 5.00. The highest BCUT2D eigenvalue weighted by Crippen LogP contribution is 2.14. The quantitative estimate of drug-likeness (QED) is 0.566. The fourth-order valence-electron chi connectivity index (χ4n) is 1.61. The maximum Gasteiger partial charge on any atom is 0.182 e.